The number of nitrogens with zero attached hydrogens (tertiary/aromatic N) is 1. The van der Waals surface area contributed by atoms with Crippen LogP contribution in [0.4, 0.5) is 8.78 Å². The highest BCUT2D eigenvalue weighted by Crippen LogP contribution is 2.25. The first-order chi connectivity index (χ1) is 14.7. The normalized spacial score (nSPS) is 11.0. The average Bonchev–Trinajstić information content (AvgIpc) is 2.71. The summed E-state index contributed by atoms with van der Waals surface area (Å²) in [5.74, 6) is 0.0132. The van der Waals surface area contributed by atoms with Crippen molar-refractivity contribution in [3.63, 3.8) is 0 Å². The van der Waals surface area contributed by atoms with Crippen molar-refractivity contribution >= 4 is 11.8 Å². The Morgan fingerprint density at radius 3 is 2.42 bits per heavy atom. The minimum atomic E-state index is -2.54. The van der Waals surface area contributed by atoms with Gasteiger partial charge in [-0.2, -0.15) is 0 Å². The van der Waals surface area contributed by atoms with Gasteiger partial charge in [0.1, 0.15) is 12.4 Å². The fourth-order valence-electron chi connectivity index (χ4n) is 3.15. The van der Waals surface area contributed by atoms with Gasteiger partial charge < -0.3 is 15.4 Å². The van der Waals surface area contributed by atoms with Gasteiger partial charge in [0.15, 0.2) is 0 Å². The van der Waals surface area contributed by atoms with Crippen molar-refractivity contribution in [3.05, 3.63) is 58.4 Å². The van der Waals surface area contributed by atoms with Gasteiger partial charge in [-0.25, -0.2) is 8.78 Å². The Kier molecular flexibility index (Phi) is 8.90. The van der Waals surface area contributed by atoms with Crippen LogP contribution in [0, 0.1) is 19.8 Å². The molecule has 0 spiro atoms. The van der Waals surface area contributed by atoms with E-state index < -0.39 is 13.0 Å². The number of hydrogen-bond donors (Lipinski definition) is 2. The number of hydrogen-bond acceptors (Lipinski definition) is 4. The van der Waals surface area contributed by atoms with E-state index in [1.54, 1.807) is 44.3 Å². The summed E-state index contributed by atoms with van der Waals surface area (Å²) in [4.78, 5) is 28.7. The third-order valence-electron chi connectivity index (χ3n) is 4.65. The molecule has 0 fully saturated rings. The van der Waals surface area contributed by atoms with E-state index in [9.17, 15) is 18.4 Å². The molecule has 1 heterocycles. The van der Waals surface area contributed by atoms with Gasteiger partial charge in [0.25, 0.3) is 12.3 Å². The van der Waals surface area contributed by atoms with Crippen LogP contribution in [-0.4, -0.2) is 36.4 Å². The molecule has 1 aromatic carbocycles. The molecule has 2 N–H and O–H groups in total. The molecule has 0 saturated carbocycles. The van der Waals surface area contributed by atoms with Crippen LogP contribution in [0.1, 0.15) is 46.6 Å². The molecular weight excluding hydrogens is 404 g/mol. The highest BCUT2D eigenvalue weighted by atomic mass is 19.3. The predicted molar refractivity (Wildman–Crippen MR) is 114 cm³/mol. The zero-order chi connectivity index (χ0) is 23.0. The minimum absolute atomic E-state index is 0.0475. The average molecular weight is 433 g/mol. The minimum Gasteiger partial charge on any atom is -0.487 e. The summed E-state index contributed by atoms with van der Waals surface area (Å²) >= 11 is 0. The first kappa shape index (κ1) is 24.2. The molecule has 31 heavy (non-hydrogen) atoms. The Bertz CT molecular complexity index is 894. The van der Waals surface area contributed by atoms with Gasteiger partial charge in [-0.1, -0.05) is 26.0 Å². The summed E-state index contributed by atoms with van der Waals surface area (Å²) < 4.78 is 30.0. The molecule has 0 saturated heterocycles. The first-order valence-electron chi connectivity index (χ1n) is 10.2. The second-order valence-electron chi connectivity index (χ2n) is 7.64. The summed E-state index contributed by atoms with van der Waals surface area (Å²) in [6.07, 6.45) is -0.484. The lowest BCUT2D eigenvalue weighted by atomic mass is 10.1. The van der Waals surface area contributed by atoms with Gasteiger partial charge in [0.05, 0.1) is 11.3 Å². The molecule has 8 heteroatoms. The maximum atomic E-state index is 12.7. The fraction of sp³-hybridized carbons (Fsp3) is 0.435. The molecule has 2 amide bonds. The van der Waals surface area contributed by atoms with Crippen LogP contribution in [-0.2, 0) is 17.8 Å². The van der Waals surface area contributed by atoms with Crippen LogP contribution in [0.25, 0.3) is 0 Å². The quantitative estimate of drug-likeness (QED) is 0.600. The molecule has 6 nitrogen and oxygen atoms in total. The molecule has 0 unspecified atom stereocenters. The summed E-state index contributed by atoms with van der Waals surface area (Å²) in [6, 6.07) is 6.99. The first-order valence-corrected chi connectivity index (χ1v) is 10.2. The molecule has 1 aromatic heterocycles. The third kappa shape index (κ3) is 7.31. The summed E-state index contributed by atoms with van der Waals surface area (Å²) in [5, 5.41) is 5.69. The molecular formula is C23H29F2N3O3. The van der Waals surface area contributed by atoms with Gasteiger partial charge in [-0.15, -0.1) is 0 Å². The van der Waals surface area contributed by atoms with Crippen LogP contribution in [0.2, 0.25) is 0 Å². The van der Waals surface area contributed by atoms with Gasteiger partial charge >= 0.3 is 0 Å². The van der Waals surface area contributed by atoms with Crippen LogP contribution < -0.4 is 15.4 Å². The lowest BCUT2D eigenvalue weighted by Crippen LogP contribution is -2.30. The topological polar surface area (TPSA) is 80.3 Å². The fourth-order valence-corrected chi connectivity index (χ4v) is 3.15. The molecule has 0 aliphatic carbocycles. The van der Waals surface area contributed by atoms with E-state index in [4.69, 9.17) is 4.74 Å². The molecule has 2 aromatic rings. The smallest absolute Gasteiger partial charge is 0.272 e. The van der Waals surface area contributed by atoms with Crippen molar-refractivity contribution in [2.24, 2.45) is 5.92 Å². The molecule has 0 radical (unpaired) electrons. The highest BCUT2D eigenvalue weighted by molar-refractivity contribution is 5.95. The number of aromatic nitrogens is 1. The number of amides is 2. The number of carbonyl (C=O) groups excluding carboxylic acids is 2. The van der Waals surface area contributed by atoms with E-state index in [1.165, 1.54) is 0 Å². The third-order valence-corrected chi connectivity index (χ3v) is 4.65. The molecule has 0 bridgehead atoms. The number of aryl methyl sites for hydroxylation is 2. The number of ether oxygens (including phenoxy) is 1. The van der Waals surface area contributed by atoms with E-state index in [1.807, 2.05) is 13.8 Å². The van der Waals surface area contributed by atoms with Crippen LogP contribution in [0.15, 0.2) is 30.5 Å². The van der Waals surface area contributed by atoms with Gasteiger partial charge in [0.2, 0.25) is 5.91 Å². The van der Waals surface area contributed by atoms with Crippen molar-refractivity contribution in [1.29, 1.82) is 0 Å². The van der Waals surface area contributed by atoms with Gasteiger partial charge in [-0.05, 0) is 42.7 Å². The van der Waals surface area contributed by atoms with Crippen LogP contribution in [0.5, 0.6) is 5.75 Å². The maximum Gasteiger partial charge on any atom is 0.272 e. The second kappa shape index (κ2) is 11.4. The van der Waals surface area contributed by atoms with Gasteiger partial charge in [-0.3, -0.25) is 14.6 Å². The number of pyridine rings is 1. The molecule has 0 atom stereocenters. The van der Waals surface area contributed by atoms with Crippen molar-refractivity contribution < 1.29 is 23.1 Å². The number of benzene rings is 1. The molecule has 2 rings (SSSR count). The highest BCUT2D eigenvalue weighted by Gasteiger charge is 2.14. The molecule has 0 aliphatic heterocycles. The summed E-state index contributed by atoms with van der Waals surface area (Å²) in [5.41, 5.74) is 3.35. The van der Waals surface area contributed by atoms with Crippen molar-refractivity contribution in [2.45, 2.75) is 47.1 Å². The Morgan fingerprint density at radius 1 is 1.13 bits per heavy atom. The van der Waals surface area contributed by atoms with E-state index >= 15 is 0 Å². The van der Waals surface area contributed by atoms with Gasteiger partial charge in [0, 0.05) is 31.6 Å². The van der Waals surface area contributed by atoms with Crippen LogP contribution in [0.3, 0.4) is 0 Å². The number of alkyl halides is 2. The van der Waals surface area contributed by atoms with Crippen molar-refractivity contribution in [1.82, 2.24) is 15.6 Å². The van der Waals surface area contributed by atoms with Crippen molar-refractivity contribution in [3.8, 4) is 5.75 Å². The summed E-state index contributed by atoms with van der Waals surface area (Å²) in [6.45, 7) is 7.21. The summed E-state index contributed by atoms with van der Waals surface area (Å²) in [7, 11) is 0. The van der Waals surface area contributed by atoms with Crippen LogP contribution >= 0.6 is 0 Å². The zero-order valence-corrected chi connectivity index (χ0v) is 18.3. The Balaban J connectivity index is 2.01. The number of rotatable bonds is 10. The standard InChI is InChI=1S/C23H29F2N3O3/c1-14(2)22(29)27-9-7-19-18(6-5-8-26-19)23(30)28-12-17-10-15(3)21(16(4)11-17)31-13-20(24)25/h5-6,8,10-11,14,20H,7,9,12-13H2,1-4H3,(H,27,29)(H,28,30). The second-order valence-corrected chi connectivity index (χ2v) is 7.64. The van der Waals surface area contributed by atoms with E-state index in [0.29, 0.717) is 30.0 Å². The van der Waals surface area contributed by atoms with E-state index in [0.717, 1.165) is 16.7 Å². The van der Waals surface area contributed by atoms with E-state index in [-0.39, 0.29) is 24.3 Å². The zero-order valence-electron chi connectivity index (χ0n) is 18.3. The van der Waals surface area contributed by atoms with Crippen molar-refractivity contribution in [2.75, 3.05) is 13.2 Å². The number of carbonyl (C=O) groups is 2. The maximum absolute atomic E-state index is 12.7. The Morgan fingerprint density at radius 2 is 1.81 bits per heavy atom. The largest absolute Gasteiger partial charge is 0.487 e. The van der Waals surface area contributed by atoms with E-state index in [2.05, 4.69) is 15.6 Å². The SMILES string of the molecule is Cc1cc(CNC(=O)c2cccnc2CCNC(=O)C(C)C)cc(C)c1OCC(F)F. The lowest BCUT2D eigenvalue weighted by Gasteiger charge is -2.15. The molecule has 168 valence electrons. The number of nitrogens with one attached hydrogen (secondary N) is 2. The predicted octanol–water partition coefficient (Wildman–Crippen LogP) is 3.59. The molecule has 0 aliphatic rings. The Hall–Kier alpha value is -3.03. The number of halogens is 2. The monoisotopic (exact) mass is 433 g/mol. The Labute approximate surface area is 181 Å². The lowest BCUT2D eigenvalue weighted by molar-refractivity contribution is -0.123.